The van der Waals surface area contributed by atoms with Gasteiger partial charge in [-0.2, -0.15) is 0 Å². The average Bonchev–Trinajstić information content (AvgIpc) is 2.85. The van der Waals surface area contributed by atoms with Gasteiger partial charge in [0.25, 0.3) is 0 Å². The van der Waals surface area contributed by atoms with Crippen LogP contribution in [-0.4, -0.2) is 27.2 Å². The molecule has 0 amide bonds. The topological polar surface area (TPSA) is 85.7 Å². The zero-order valence-electron chi connectivity index (χ0n) is 11.0. The van der Waals surface area contributed by atoms with Gasteiger partial charge in [0, 0.05) is 31.4 Å². The molecule has 0 saturated carbocycles. The quantitative estimate of drug-likeness (QED) is 0.381. The molecule has 0 unspecified atom stereocenters. The van der Waals surface area contributed by atoms with Crippen molar-refractivity contribution in [1.29, 1.82) is 0 Å². The summed E-state index contributed by atoms with van der Waals surface area (Å²) < 4.78 is 7.54. The second-order valence-electron chi connectivity index (χ2n) is 4.18. The fourth-order valence-corrected chi connectivity index (χ4v) is 1.96. The van der Waals surface area contributed by atoms with Crippen LogP contribution in [0.5, 0.6) is 5.75 Å². The molecule has 3 N–H and O–H groups in total. The van der Waals surface area contributed by atoms with Crippen molar-refractivity contribution in [2.24, 2.45) is 17.9 Å². The number of aryl methyl sites for hydroxylation is 1. The van der Waals surface area contributed by atoms with Crippen molar-refractivity contribution in [3.63, 3.8) is 0 Å². The molecule has 2 aromatic rings. The molecule has 0 bridgehead atoms. The molecule has 0 aliphatic carbocycles. The van der Waals surface area contributed by atoms with Gasteiger partial charge in [-0.25, -0.2) is 4.98 Å². The number of oxime groups is 1. The minimum absolute atomic E-state index is 0.00598. The van der Waals surface area contributed by atoms with Gasteiger partial charge in [-0.1, -0.05) is 16.8 Å². The largest absolute Gasteiger partial charge is 0.492 e. The molecule has 0 saturated heterocycles. The minimum atomic E-state index is 0.00598. The van der Waals surface area contributed by atoms with E-state index in [9.17, 15) is 0 Å². The lowest BCUT2D eigenvalue weighted by molar-refractivity contribution is 0.317. The predicted molar refractivity (Wildman–Crippen MR) is 76.4 cm³/mol. The molecule has 0 atom stereocenters. The second-order valence-corrected chi connectivity index (χ2v) is 4.59. The summed E-state index contributed by atoms with van der Waals surface area (Å²) in [4.78, 5) is 4.21. The number of amidine groups is 1. The zero-order chi connectivity index (χ0) is 14.5. The van der Waals surface area contributed by atoms with Crippen LogP contribution in [-0.2, 0) is 13.5 Å². The number of hydrogen-bond acceptors (Lipinski definition) is 4. The Bertz CT molecular complexity index is 625. The van der Waals surface area contributed by atoms with E-state index in [1.165, 1.54) is 0 Å². The third kappa shape index (κ3) is 3.21. The van der Waals surface area contributed by atoms with Crippen LogP contribution in [0.4, 0.5) is 0 Å². The van der Waals surface area contributed by atoms with Crippen molar-refractivity contribution in [3.05, 3.63) is 47.0 Å². The molecular formula is C13H15ClN4O2. The molecule has 1 heterocycles. The molecular weight excluding hydrogens is 280 g/mol. The predicted octanol–water partition coefficient (Wildman–Crippen LogP) is 1.79. The Balaban J connectivity index is 1.98. The Labute approximate surface area is 121 Å². The first-order valence-corrected chi connectivity index (χ1v) is 6.36. The Morgan fingerprint density at radius 1 is 1.55 bits per heavy atom. The van der Waals surface area contributed by atoms with E-state index in [4.69, 9.17) is 27.3 Å². The van der Waals surface area contributed by atoms with E-state index in [1.807, 2.05) is 17.8 Å². The Hall–Kier alpha value is -2.21. The number of ether oxygens (including phenoxy) is 1. The summed E-state index contributed by atoms with van der Waals surface area (Å²) in [6.07, 6.45) is 4.31. The number of halogens is 1. The van der Waals surface area contributed by atoms with Crippen molar-refractivity contribution in [1.82, 2.24) is 9.55 Å². The van der Waals surface area contributed by atoms with Gasteiger partial charge in [-0.3, -0.25) is 0 Å². The first-order chi connectivity index (χ1) is 9.61. The van der Waals surface area contributed by atoms with Crippen LogP contribution in [0, 0.1) is 0 Å². The van der Waals surface area contributed by atoms with Crippen LogP contribution in [0.25, 0.3) is 0 Å². The van der Waals surface area contributed by atoms with Crippen molar-refractivity contribution >= 4 is 17.4 Å². The number of imidazole rings is 1. The third-order valence-corrected chi connectivity index (χ3v) is 3.13. The highest BCUT2D eigenvalue weighted by Crippen LogP contribution is 2.25. The van der Waals surface area contributed by atoms with Crippen molar-refractivity contribution in [3.8, 4) is 5.75 Å². The molecule has 7 heteroatoms. The van der Waals surface area contributed by atoms with Gasteiger partial charge in [-0.05, 0) is 18.2 Å². The highest BCUT2D eigenvalue weighted by molar-refractivity contribution is 6.32. The van der Waals surface area contributed by atoms with E-state index in [0.29, 0.717) is 29.4 Å². The van der Waals surface area contributed by atoms with Gasteiger partial charge in [0.1, 0.15) is 11.6 Å². The summed E-state index contributed by atoms with van der Waals surface area (Å²) in [5.41, 5.74) is 6.02. The van der Waals surface area contributed by atoms with Gasteiger partial charge >= 0.3 is 0 Å². The SMILES string of the molecule is Cn1ccnc1CCOc1ccc(/C(N)=N/O)cc1Cl. The number of nitrogens with zero attached hydrogens (tertiary/aromatic N) is 3. The first-order valence-electron chi connectivity index (χ1n) is 5.98. The van der Waals surface area contributed by atoms with Gasteiger partial charge in [0.15, 0.2) is 5.84 Å². The average molecular weight is 295 g/mol. The minimum Gasteiger partial charge on any atom is -0.492 e. The molecule has 0 aliphatic rings. The normalized spacial score (nSPS) is 11.6. The molecule has 0 fully saturated rings. The van der Waals surface area contributed by atoms with E-state index < -0.39 is 0 Å². The highest BCUT2D eigenvalue weighted by atomic mass is 35.5. The van der Waals surface area contributed by atoms with Gasteiger partial charge in [0.2, 0.25) is 0 Å². The van der Waals surface area contributed by atoms with Crippen LogP contribution in [0.15, 0.2) is 35.7 Å². The fraction of sp³-hybridized carbons (Fsp3) is 0.231. The van der Waals surface area contributed by atoms with E-state index in [-0.39, 0.29) is 5.84 Å². The summed E-state index contributed by atoms with van der Waals surface area (Å²) in [5, 5.41) is 11.9. The molecule has 0 aliphatic heterocycles. The van der Waals surface area contributed by atoms with Crippen LogP contribution in [0.3, 0.4) is 0 Å². The standard InChI is InChI=1S/C13H15ClN4O2/c1-18-6-5-16-12(18)4-7-20-11-3-2-9(8-10(11)14)13(15)17-19/h2-3,5-6,8,19H,4,7H2,1H3,(H2,15,17). The monoisotopic (exact) mass is 294 g/mol. The van der Waals surface area contributed by atoms with E-state index in [0.717, 1.165) is 5.82 Å². The lowest BCUT2D eigenvalue weighted by atomic mass is 10.2. The number of nitrogens with two attached hydrogens (primary N) is 1. The lowest BCUT2D eigenvalue weighted by Gasteiger charge is -2.09. The molecule has 0 radical (unpaired) electrons. The molecule has 0 spiro atoms. The van der Waals surface area contributed by atoms with Crippen molar-refractivity contribution < 1.29 is 9.94 Å². The smallest absolute Gasteiger partial charge is 0.170 e. The number of rotatable bonds is 5. The summed E-state index contributed by atoms with van der Waals surface area (Å²) in [5.74, 6) is 1.50. The Morgan fingerprint density at radius 2 is 2.35 bits per heavy atom. The summed E-state index contributed by atoms with van der Waals surface area (Å²) >= 11 is 6.08. The molecule has 6 nitrogen and oxygen atoms in total. The number of aromatic nitrogens is 2. The summed E-state index contributed by atoms with van der Waals surface area (Å²) in [7, 11) is 1.93. The Morgan fingerprint density at radius 3 is 2.95 bits per heavy atom. The third-order valence-electron chi connectivity index (χ3n) is 2.84. The first kappa shape index (κ1) is 14.2. The van der Waals surface area contributed by atoms with Crippen molar-refractivity contribution in [2.75, 3.05) is 6.61 Å². The molecule has 1 aromatic heterocycles. The second kappa shape index (κ2) is 6.29. The lowest BCUT2D eigenvalue weighted by Crippen LogP contribution is -2.13. The maximum absolute atomic E-state index is 8.60. The molecule has 106 valence electrons. The van der Waals surface area contributed by atoms with E-state index in [2.05, 4.69) is 10.1 Å². The molecule has 20 heavy (non-hydrogen) atoms. The Kier molecular flexibility index (Phi) is 4.47. The fourth-order valence-electron chi connectivity index (χ4n) is 1.72. The maximum Gasteiger partial charge on any atom is 0.170 e. The maximum atomic E-state index is 8.60. The van der Waals surface area contributed by atoms with Crippen molar-refractivity contribution in [2.45, 2.75) is 6.42 Å². The van der Waals surface area contributed by atoms with E-state index >= 15 is 0 Å². The molecule has 2 rings (SSSR count). The van der Waals surface area contributed by atoms with Crippen LogP contribution in [0.1, 0.15) is 11.4 Å². The van der Waals surface area contributed by atoms with Gasteiger partial charge in [-0.15, -0.1) is 0 Å². The van der Waals surface area contributed by atoms with Gasteiger partial charge in [0.05, 0.1) is 11.6 Å². The number of hydrogen-bond donors (Lipinski definition) is 2. The summed E-state index contributed by atoms with van der Waals surface area (Å²) in [6, 6.07) is 4.96. The van der Waals surface area contributed by atoms with Crippen LogP contribution < -0.4 is 10.5 Å². The molecule has 1 aromatic carbocycles. The van der Waals surface area contributed by atoms with Gasteiger partial charge < -0.3 is 20.2 Å². The summed E-state index contributed by atoms with van der Waals surface area (Å²) in [6.45, 7) is 0.466. The van der Waals surface area contributed by atoms with E-state index in [1.54, 1.807) is 24.4 Å². The highest BCUT2D eigenvalue weighted by Gasteiger charge is 2.07. The number of benzene rings is 1. The van der Waals surface area contributed by atoms with Crippen LogP contribution >= 0.6 is 11.6 Å². The zero-order valence-corrected chi connectivity index (χ0v) is 11.7. The van der Waals surface area contributed by atoms with Crippen LogP contribution in [0.2, 0.25) is 5.02 Å².